The van der Waals surface area contributed by atoms with Crippen molar-refractivity contribution in [3.63, 3.8) is 0 Å². The lowest BCUT2D eigenvalue weighted by molar-refractivity contribution is -0.383. The molecule has 0 aliphatic carbocycles. The van der Waals surface area contributed by atoms with Crippen LogP contribution in [0.1, 0.15) is 6.42 Å². The molecule has 0 amide bonds. The highest BCUT2D eigenvalue weighted by Crippen LogP contribution is 2.25. The van der Waals surface area contributed by atoms with Crippen LogP contribution in [0.2, 0.25) is 0 Å². The van der Waals surface area contributed by atoms with Crippen molar-refractivity contribution in [2.75, 3.05) is 39.3 Å². The molecule has 7 nitrogen and oxygen atoms in total. The fraction of sp³-hybridized carbons (Fsp3) is 0.500. The van der Waals surface area contributed by atoms with Gasteiger partial charge in [0.05, 0.1) is 11.5 Å². The normalized spacial score (nSPS) is 10.4. The Morgan fingerprint density at radius 2 is 2.05 bits per heavy atom. The minimum atomic E-state index is -0.530. The maximum atomic E-state index is 10.6. The number of methoxy groups -OCH3 is 1. The van der Waals surface area contributed by atoms with Gasteiger partial charge >= 0.3 is 0 Å². The summed E-state index contributed by atoms with van der Waals surface area (Å²) >= 11 is 0. The lowest BCUT2D eigenvalue weighted by Crippen LogP contribution is -2.08. The Morgan fingerprint density at radius 1 is 1.26 bits per heavy atom. The molecule has 0 bridgehead atoms. The molecule has 0 saturated heterocycles. The number of hydrogen-bond donors (Lipinski definition) is 1. The van der Waals surface area contributed by atoms with Gasteiger partial charge in [0.2, 0.25) is 0 Å². The van der Waals surface area contributed by atoms with E-state index >= 15 is 0 Å². The minimum Gasteiger partial charge on any atom is -0.491 e. The molecule has 0 heterocycles. The molecule has 0 saturated carbocycles. The molecule has 106 valence electrons. The molecule has 7 heteroatoms. The number of hydrogen-bond acceptors (Lipinski definition) is 6. The standard InChI is InChI=1S/C12H18N2O5/c1-17-5-2-6-18-7-8-19-10-3-4-12(14(15)16)11(13)9-10/h3-4,9H,2,5-8,13H2,1H3. The Bertz CT molecular complexity index is 411. The fourth-order valence-corrected chi connectivity index (χ4v) is 1.41. The van der Waals surface area contributed by atoms with E-state index in [0.29, 0.717) is 32.2 Å². The van der Waals surface area contributed by atoms with Gasteiger partial charge in [-0.3, -0.25) is 10.1 Å². The van der Waals surface area contributed by atoms with Crippen molar-refractivity contribution in [3.8, 4) is 5.75 Å². The van der Waals surface area contributed by atoms with Crippen LogP contribution < -0.4 is 10.5 Å². The quantitative estimate of drug-likeness (QED) is 0.317. The number of rotatable bonds is 9. The summed E-state index contributed by atoms with van der Waals surface area (Å²) in [6, 6.07) is 4.27. The molecule has 0 aromatic heterocycles. The van der Waals surface area contributed by atoms with Crippen molar-refractivity contribution in [2.45, 2.75) is 6.42 Å². The highest BCUT2D eigenvalue weighted by Gasteiger charge is 2.11. The summed E-state index contributed by atoms with van der Waals surface area (Å²) in [6.07, 6.45) is 0.834. The Balaban J connectivity index is 2.26. The number of nitrogens with two attached hydrogens (primary N) is 1. The Kier molecular flexibility index (Phi) is 6.62. The molecular formula is C12H18N2O5. The van der Waals surface area contributed by atoms with Gasteiger partial charge in [-0.25, -0.2) is 0 Å². The lowest BCUT2D eigenvalue weighted by atomic mass is 10.2. The Hall–Kier alpha value is -1.86. The lowest BCUT2D eigenvalue weighted by Gasteiger charge is -2.07. The van der Waals surface area contributed by atoms with Gasteiger partial charge in [-0.15, -0.1) is 0 Å². The summed E-state index contributed by atoms with van der Waals surface area (Å²) in [5, 5.41) is 10.6. The van der Waals surface area contributed by atoms with Crippen LogP contribution in [0.25, 0.3) is 0 Å². The van der Waals surface area contributed by atoms with Crippen molar-refractivity contribution in [3.05, 3.63) is 28.3 Å². The van der Waals surface area contributed by atoms with E-state index in [0.717, 1.165) is 6.42 Å². The summed E-state index contributed by atoms with van der Waals surface area (Å²) in [7, 11) is 1.64. The third-order valence-electron chi connectivity index (χ3n) is 2.33. The summed E-state index contributed by atoms with van der Waals surface area (Å²) in [4.78, 5) is 10.0. The zero-order valence-electron chi connectivity index (χ0n) is 10.8. The zero-order valence-corrected chi connectivity index (χ0v) is 10.8. The number of ether oxygens (including phenoxy) is 3. The summed E-state index contributed by atoms with van der Waals surface area (Å²) in [6.45, 7) is 2.09. The molecule has 0 atom stereocenters. The van der Waals surface area contributed by atoms with E-state index < -0.39 is 4.92 Å². The molecule has 0 aliphatic rings. The van der Waals surface area contributed by atoms with E-state index in [1.54, 1.807) is 7.11 Å². The van der Waals surface area contributed by atoms with E-state index in [1.165, 1.54) is 18.2 Å². The SMILES string of the molecule is COCCCOCCOc1ccc([N+](=O)[O-])c(N)c1. The second-order valence-electron chi connectivity index (χ2n) is 3.78. The van der Waals surface area contributed by atoms with Crippen LogP contribution in [-0.2, 0) is 9.47 Å². The molecule has 1 aromatic rings. The number of nitro groups is 1. The van der Waals surface area contributed by atoms with Crippen LogP contribution in [0.4, 0.5) is 11.4 Å². The summed E-state index contributed by atoms with van der Waals surface area (Å²) in [5.74, 6) is 0.489. The topological polar surface area (TPSA) is 96.8 Å². The van der Waals surface area contributed by atoms with Crippen LogP contribution in [0.3, 0.4) is 0 Å². The molecule has 0 radical (unpaired) electrons. The minimum absolute atomic E-state index is 0.0866. The van der Waals surface area contributed by atoms with Gasteiger partial charge in [-0.2, -0.15) is 0 Å². The number of nitrogens with zero attached hydrogens (tertiary/aromatic N) is 1. The summed E-state index contributed by atoms with van der Waals surface area (Å²) < 4.78 is 15.6. The number of benzene rings is 1. The van der Waals surface area contributed by atoms with E-state index in [1.807, 2.05) is 0 Å². The molecule has 0 aliphatic heterocycles. The highest BCUT2D eigenvalue weighted by molar-refractivity contribution is 5.60. The van der Waals surface area contributed by atoms with Gasteiger partial charge in [0.1, 0.15) is 18.0 Å². The first-order chi connectivity index (χ1) is 9.15. The molecule has 0 spiro atoms. The second kappa shape index (κ2) is 8.28. The number of nitrogen functional groups attached to an aromatic ring is 1. The predicted octanol–water partition coefficient (Wildman–Crippen LogP) is 1.61. The highest BCUT2D eigenvalue weighted by atomic mass is 16.6. The van der Waals surface area contributed by atoms with Crippen molar-refractivity contribution in [1.29, 1.82) is 0 Å². The van der Waals surface area contributed by atoms with Crippen molar-refractivity contribution >= 4 is 11.4 Å². The third-order valence-corrected chi connectivity index (χ3v) is 2.33. The molecule has 1 rings (SSSR count). The van der Waals surface area contributed by atoms with Crippen LogP contribution in [0.5, 0.6) is 5.75 Å². The van der Waals surface area contributed by atoms with Crippen LogP contribution >= 0.6 is 0 Å². The smallest absolute Gasteiger partial charge is 0.292 e. The van der Waals surface area contributed by atoms with Crippen LogP contribution in [-0.4, -0.2) is 38.5 Å². The fourth-order valence-electron chi connectivity index (χ4n) is 1.41. The average Bonchev–Trinajstić information content (AvgIpc) is 2.37. The molecule has 1 aromatic carbocycles. The van der Waals surface area contributed by atoms with Gasteiger partial charge in [0.15, 0.2) is 0 Å². The molecule has 0 fully saturated rings. The van der Waals surface area contributed by atoms with Gasteiger partial charge < -0.3 is 19.9 Å². The first-order valence-corrected chi connectivity index (χ1v) is 5.88. The maximum absolute atomic E-state index is 10.6. The van der Waals surface area contributed by atoms with Crippen molar-refractivity contribution in [2.24, 2.45) is 0 Å². The molecule has 0 unspecified atom stereocenters. The first kappa shape index (κ1) is 15.2. The van der Waals surface area contributed by atoms with E-state index in [-0.39, 0.29) is 11.4 Å². The summed E-state index contributed by atoms with van der Waals surface area (Å²) in [5.41, 5.74) is 5.51. The number of anilines is 1. The maximum Gasteiger partial charge on any atom is 0.292 e. The zero-order chi connectivity index (χ0) is 14.1. The Morgan fingerprint density at radius 3 is 2.68 bits per heavy atom. The Labute approximate surface area is 111 Å². The number of nitro benzene ring substituents is 1. The van der Waals surface area contributed by atoms with Crippen molar-refractivity contribution in [1.82, 2.24) is 0 Å². The van der Waals surface area contributed by atoms with Gasteiger partial charge in [-0.1, -0.05) is 0 Å². The van der Waals surface area contributed by atoms with Crippen molar-refractivity contribution < 1.29 is 19.1 Å². The van der Waals surface area contributed by atoms with Gasteiger partial charge in [-0.05, 0) is 12.5 Å². The van der Waals surface area contributed by atoms with Crippen LogP contribution in [0.15, 0.2) is 18.2 Å². The average molecular weight is 270 g/mol. The van der Waals surface area contributed by atoms with E-state index in [2.05, 4.69) is 0 Å². The molecule has 2 N–H and O–H groups in total. The monoisotopic (exact) mass is 270 g/mol. The largest absolute Gasteiger partial charge is 0.491 e. The first-order valence-electron chi connectivity index (χ1n) is 5.88. The third kappa shape index (κ3) is 5.54. The van der Waals surface area contributed by atoms with Gasteiger partial charge in [0, 0.05) is 32.5 Å². The van der Waals surface area contributed by atoms with Crippen LogP contribution in [0, 0.1) is 10.1 Å². The predicted molar refractivity (Wildman–Crippen MR) is 70.3 cm³/mol. The van der Waals surface area contributed by atoms with E-state index in [4.69, 9.17) is 19.9 Å². The second-order valence-corrected chi connectivity index (χ2v) is 3.78. The van der Waals surface area contributed by atoms with E-state index in [9.17, 15) is 10.1 Å². The molecule has 19 heavy (non-hydrogen) atoms. The van der Waals surface area contributed by atoms with Gasteiger partial charge in [0.25, 0.3) is 5.69 Å². The molecular weight excluding hydrogens is 252 g/mol.